The van der Waals surface area contributed by atoms with Crippen LogP contribution in [0.5, 0.6) is 0 Å². The van der Waals surface area contributed by atoms with Gasteiger partial charge in [-0.05, 0) is 36.5 Å². The van der Waals surface area contributed by atoms with Gasteiger partial charge in [-0.2, -0.15) is 0 Å². The second-order valence-electron chi connectivity index (χ2n) is 4.94. The molecule has 0 radical (unpaired) electrons. The highest BCUT2D eigenvalue weighted by Crippen LogP contribution is 2.23. The standard InChI is InChI=1S/C15H19NO/c1-11(2)5-8-15(17)13-7-6-12-4-3-9-16-14(12)10-13/h3-4,6-7,9-11,15,17H,5,8H2,1-2H3. The molecule has 0 fully saturated rings. The van der Waals surface area contributed by atoms with Crippen molar-refractivity contribution in [1.29, 1.82) is 0 Å². The Kier molecular flexibility index (Phi) is 3.75. The van der Waals surface area contributed by atoms with Crippen molar-refractivity contribution >= 4 is 10.9 Å². The summed E-state index contributed by atoms with van der Waals surface area (Å²) >= 11 is 0. The number of benzene rings is 1. The average molecular weight is 229 g/mol. The zero-order valence-electron chi connectivity index (χ0n) is 10.4. The van der Waals surface area contributed by atoms with Crippen LogP contribution in [0, 0.1) is 5.92 Å². The molecule has 2 rings (SSSR count). The summed E-state index contributed by atoms with van der Waals surface area (Å²) in [5, 5.41) is 11.2. The molecule has 1 aromatic heterocycles. The lowest BCUT2D eigenvalue weighted by Crippen LogP contribution is -2.00. The average Bonchev–Trinajstić information content (AvgIpc) is 2.35. The van der Waals surface area contributed by atoms with Gasteiger partial charge >= 0.3 is 0 Å². The van der Waals surface area contributed by atoms with Crippen molar-refractivity contribution < 1.29 is 5.11 Å². The fraction of sp³-hybridized carbons (Fsp3) is 0.400. The predicted octanol–water partition coefficient (Wildman–Crippen LogP) is 3.70. The number of fused-ring (bicyclic) bond motifs is 1. The Balaban J connectivity index is 2.18. The molecule has 1 unspecified atom stereocenters. The molecule has 90 valence electrons. The third-order valence-corrected chi connectivity index (χ3v) is 3.03. The Hall–Kier alpha value is -1.41. The molecule has 2 heteroatoms. The fourth-order valence-corrected chi connectivity index (χ4v) is 1.95. The summed E-state index contributed by atoms with van der Waals surface area (Å²) in [6.07, 6.45) is 3.27. The molecule has 0 bridgehead atoms. The molecule has 0 amide bonds. The quantitative estimate of drug-likeness (QED) is 0.867. The summed E-state index contributed by atoms with van der Waals surface area (Å²) in [5.41, 5.74) is 1.92. The van der Waals surface area contributed by atoms with Crippen LogP contribution in [0.25, 0.3) is 10.9 Å². The van der Waals surface area contributed by atoms with Crippen LogP contribution in [0.3, 0.4) is 0 Å². The molecule has 2 aromatic rings. The van der Waals surface area contributed by atoms with Crippen LogP contribution in [0.2, 0.25) is 0 Å². The third kappa shape index (κ3) is 3.04. The van der Waals surface area contributed by atoms with Crippen LogP contribution >= 0.6 is 0 Å². The lowest BCUT2D eigenvalue weighted by Gasteiger charge is -2.12. The minimum Gasteiger partial charge on any atom is -0.388 e. The van der Waals surface area contributed by atoms with Crippen LogP contribution < -0.4 is 0 Å². The van der Waals surface area contributed by atoms with E-state index in [0.29, 0.717) is 5.92 Å². The first-order valence-corrected chi connectivity index (χ1v) is 6.19. The normalized spacial score (nSPS) is 13.2. The van der Waals surface area contributed by atoms with Gasteiger partial charge in [0.25, 0.3) is 0 Å². The Bertz CT molecular complexity index is 493. The molecule has 0 saturated heterocycles. The van der Waals surface area contributed by atoms with Gasteiger partial charge in [-0.25, -0.2) is 0 Å². The Morgan fingerprint density at radius 1 is 1.18 bits per heavy atom. The first kappa shape index (κ1) is 12.1. The van der Waals surface area contributed by atoms with E-state index in [9.17, 15) is 5.11 Å². The van der Waals surface area contributed by atoms with Crippen LogP contribution in [0.4, 0.5) is 0 Å². The maximum atomic E-state index is 10.1. The molecule has 1 N–H and O–H groups in total. The summed E-state index contributed by atoms with van der Waals surface area (Å²) in [6, 6.07) is 9.97. The number of nitrogens with zero attached hydrogens (tertiary/aromatic N) is 1. The molecular formula is C15H19NO. The van der Waals surface area contributed by atoms with E-state index in [4.69, 9.17) is 0 Å². The lowest BCUT2D eigenvalue weighted by molar-refractivity contribution is 0.159. The molecule has 2 nitrogen and oxygen atoms in total. The molecule has 1 heterocycles. The van der Waals surface area contributed by atoms with Crippen LogP contribution in [-0.2, 0) is 0 Å². The fourth-order valence-electron chi connectivity index (χ4n) is 1.95. The van der Waals surface area contributed by atoms with Gasteiger partial charge in [0.05, 0.1) is 11.6 Å². The third-order valence-electron chi connectivity index (χ3n) is 3.03. The number of hydrogen-bond acceptors (Lipinski definition) is 2. The van der Waals surface area contributed by atoms with Gasteiger partial charge in [0.1, 0.15) is 0 Å². The molecule has 0 aliphatic heterocycles. The van der Waals surface area contributed by atoms with Crippen molar-refractivity contribution in [3.8, 4) is 0 Å². The number of rotatable bonds is 4. The van der Waals surface area contributed by atoms with E-state index in [1.807, 2.05) is 30.3 Å². The minimum atomic E-state index is -0.371. The minimum absolute atomic E-state index is 0.371. The first-order valence-electron chi connectivity index (χ1n) is 6.19. The molecule has 1 aromatic carbocycles. The molecular weight excluding hydrogens is 210 g/mol. The number of hydrogen-bond donors (Lipinski definition) is 1. The SMILES string of the molecule is CC(C)CCC(O)c1ccc2cccnc2c1. The van der Waals surface area contributed by atoms with Crippen molar-refractivity contribution in [3.05, 3.63) is 42.1 Å². The summed E-state index contributed by atoms with van der Waals surface area (Å²) in [5.74, 6) is 0.628. The molecule has 0 saturated carbocycles. The highest BCUT2D eigenvalue weighted by Gasteiger charge is 2.09. The maximum absolute atomic E-state index is 10.1. The predicted molar refractivity (Wildman–Crippen MR) is 70.8 cm³/mol. The highest BCUT2D eigenvalue weighted by atomic mass is 16.3. The lowest BCUT2D eigenvalue weighted by atomic mass is 9.99. The second-order valence-corrected chi connectivity index (χ2v) is 4.94. The van der Waals surface area contributed by atoms with Gasteiger partial charge in [0.15, 0.2) is 0 Å². The summed E-state index contributed by atoms with van der Waals surface area (Å²) in [4.78, 5) is 4.31. The topological polar surface area (TPSA) is 33.1 Å². The molecule has 0 aliphatic rings. The van der Waals surface area contributed by atoms with Gasteiger partial charge in [-0.3, -0.25) is 4.98 Å². The van der Waals surface area contributed by atoms with Crippen LogP contribution in [0.15, 0.2) is 36.5 Å². The van der Waals surface area contributed by atoms with Gasteiger partial charge < -0.3 is 5.11 Å². The Morgan fingerprint density at radius 3 is 2.76 bits per heavy atom. The zero-order valence-corrected chi connectivity index (χ0v) is 10.4. The monoisotopic (exact) mass is 229 g/mol. The number of pyridine rings is 1. The van der Waals surface area contributed by atoms with E-state index >= 15 is 0 Å². The van der Waals surface area contributed by atoms with E-state index in [-0.39, 0.29) is 6.10 Å². The molecule has 17 heavy (non-hydrogen) atoms. The van der Waals surface area contributed by atoms with Gasteiger partial charge in [-0.1, -0.05) is 32.0 Å². The Morgan fingerprint density at radius 2 is 2.00 bits per heavy atom. The van der Waals surface area contributed by atoms with Crippen molar-refractivity contribution in [3.63, 3.8) is 0 Å². The molecule has 1 atom stereocenters. The van der Waals surface area contributed by atoms with Gasteiger partial charge in [0.2, 0.25) is 0 Å². The van der Waals surface area contributed by atoms with Crippen LogP contribution in [0.1, 0.15) is 38.4 Å². The zero-order chi connectivity index (χ0) is 12.3. The maximum Gasteiger partial charge on any atom is 0.0790 e. The van der Waals surface area contributed by atoms with Crippen molar-refractivity contribution in [2.45, 2.75) is 32.8 Å². The van der Waals surface area contributed by atoms with E-state index in [2.05, 4.69) is 18.8 Å². The van der Waals surface area contributed by atoms with E-state index in [0.717, 1.165) is 29.3 Å². The van der Waals surface area contributed by atoms with Gasteiger partial charge in [-0.15, -0.1) is 0 Å². The van der Waals surface area contributed by atoms with E-state index < -0.39 is 0 Å². The van der Waals surface area contributed by atoms with Crippen molar-refractivity contribution in [1.82, 2.24) is 4.98 Å². The van der Waals surface area contributed by atoms with Gasteiger partial charge in [0, 0.05) is 11.6 Å². The molecule has 0 spiro atoms. The second kappa shape index (κ2) is 5.28. The highest BCUT2D eigenvalue weighted by molar-refractivity contribution is 5.78. The largest absolute Gasteiger partial charge is 0.388 e. The number of aliphatic hydroxyl groups excluding tert-OH is 1. The summed E-state index contributed by atoms with van der Waals surface area (Å²) < 4.78 is 0. The summed E-state index contributed by atoms with van der Waals surface area (Å²) in [7, 11) is 0. The number of aliphatic hydroxyl groups is 1. The smallest absolute Gasteiger partial charge is 0.0790 e. The number of aromatic nitrogens is 1. The molecule has 0 aliphatic carbocycles. The van der Waals surface area contributed by atoms with E-state index in [1.165, 1.54) is 0 Å². The summed E-state index contributed by atoms with van der Waals surface area (Å²) in [6.45, 7) is 4.35. The van der Waals surface area contributed by atoms with Crippen molar-refractivity contribution in [2.24, 2.45) is 5.92 Å². The van der Waals surface area contributed by atoms with E-state index in [1.54, 1.807) is 6.20 Å². The first-order chi connectivity index (χ1) is 8.16. The van der Waals surface area contributed by atoms with Crippen LogP contribution in [-0.4, -0.2) is 10.1 Å². The Labute approximate surface area is 102 Å². The van der Waals surface area contributed by atoms with Crippen molar-refractivity contribution in [2.75, 3.05) is 0 Å².